The summed E-state index contributed by atoms with van der Waals surface area (Å²) in [5.41, 5.74) is -1.40. The first-order valence-corrected chi connectivity index (χ1v) is 5.01. The highest BCUT2D eigenvalue weighted by molar-refractivity contribution is 5.97. The summed E-state index contributed by atoms with van der Waals surface area (Å²) < 4.78 is 0. The van der Waals surface area contributed by atoms with Crippen LogP contribution in [0.15, 0.2) is 0 Å². The van der Waals surface area contributed by atoms with Crippen molar-refractivity contribution in [1.82, 2.24) is 0 Å². The van der Waals surface area contributed by atoms with Crippen LogP contribution in [-0.2, 0) is 9.59 Å². The summed E-state index contributed by atoms with van der Waals surface area (Å²) in [5, 5.41) is 36.0. The quantitative estimate of drug-likeness (QED) is 0.401. The highest BCUT2D eigenvalue weighted by Gasteiger charge is 2.45. The number of ketones is 1. The summed E-state index contributed by atoms with van der Waals surface area (Å²) in [6.45, 7) is -0.302. The van der Waals surface area contributed by atoms with Crippen molar-refractivity contribution >= 4 is 11.8 Å². The molecule has 1 unspecified atom stereocenters. The first-order chi connectivity index (χ1) is 7.45. The van der Waals surface area contributed by atoms with Crippen molar-refractivity contribution in [1.29, 1.82) is 0 Å². The monoisotopic (exact) mass is 234 g/mol. The van der Waals surface area contributed by atoms with Gasteiger partial charge in [0.15, 0.2) is 0 Å². The van der Waals surface area contributed by atoms with Crippen LogP contribution in [0, 0.1) is 11.3 Å². The van der Waals surface area contributed by atoms with Crippen molar-refractivity contribution < 1.29 is 30.0 Å². The molecule has 0 aliphatic rings. The Morgan fingerprint density at radius 1 is 1.19 bits per heavy atom. The lowest BCUT2D eigenvalue weighted by Gasteiger charge is -2.33. The van der Waals surface area contributed by atoms with Gasteiger partial charge in [-0.05, 0) is 19.8 Å². The number of carbonyl (C=O) groups excluding carboxylic acids is 1. The molecule has 0 fully saturated rings. The Bertz CT molecular complexity index is 232. The number of Topliss-reactive ketones (excluding diaryl/α,β-unsaturated/α-hetero) is 1. The highest BCUT2D eigenvalue weighted by Crippen LogP contribution is 2.33. The predicted octanol–water partition coefficient (Wildman–Crippen LogP) is -0.980. The summed E-state index contributed by atoms with van der Waals surface area (Å²) in [6.07, 6.45) is 0.297. The maximum Gasteiger partial charge on any atom is 0.314 e. The van der Waals surface area contributed by atoms with E-state index in [-0.39, 0.29) is 19.4 Å². The zero-order valence-corrected chi connectivity index (χ0v) is 9.22. The van der Waals surface area contributed by atoms with Crippen LogP contribution in [0.3, 0.4) is 0 Å². The fourth-order valence-electron chi connectivity index (χ4n) is 1.83. The molecule has 0 saturated carbocycles. The normalized spacial score (nSPS) is 13.5. The van der Waals surface area contributed by atoms with Crippen LogP contribution in [0.2, 0.25) is 0 Å². The zero-order chi connectivity index (χ0) is 12.8. The molecular weight excluding hydrogens is 216 g/mol. The van der Waals surface area contributed by atoms with Crippen LogP contribution in [0.4, 0.5) is 0 Å². The summed E-state index contributed by atoms with van der Waals surface area (Å²) in [7, 11) is 0. The Morgan fingerprint density at radius 2 is 1.69 bits per heavy atom. The highest BCUT2D eigenvalue weighted by atomic mass is 16.4. The van der Waals surface area contributed by atoms with Crippen molar-refractivity contribution in [2.75, 3.05) is 19.8 Å². The third kappa shape index (κ3) is 3.26. The second kappa shape index (κ2) is 6.57. The molecule has 1 atom stereocenters. The molecule has 0 amide bonds. The van der Waals surface area contributed by atoms with Gasteiger partial charge in [0.05, 0.1) is 13.2 Å². The average Bonchev–Trinajstić information content (AvgIpc) is 2.23. The van der Waals surface area contributed by atoms with Crippen LogP contribution in [0.1, 0.15) is 19.8 Å². The summed E-state index contributed by atoms with van der Waals surface area (Å²) in [4.78, 5) is 22.2. The predicted molar refractivity (Wildman–Crippen MR) is 54.7 cm³/mol. The van der Waals surface area contributed by atoms with E-state index >= 15 is 0 Å². The summed E-state index contributed by atoms with van der Waals surface area (Å²) >= 11 is 0. The number of aliphatic hydroxyl groups is 3. The molecule has 0 rings (SSSR count). The Balaban J connectivity index is 5.09. The van der Waals surface area contributed by atoms with Crippen molar-refractivity contribution in [3.05, 3.63) is 0 Å². The molecule has 0 heterocycles. The maximum absolute atomic E-state index is 11.2. The van der Waals surface area contributed by atoms with Crippen LogP contribution in [0.5, 0.6) is 0 Å². The van der Waals surface area contributed by atoms with E-state index in [2.05, 4.69) is 0 Å². The van der Waals surface area contributed by atoms with Gasteiger partial charge in [0, 0.05) is 12.0 Å². The maximum atomic E-state index is 11.2. The van der Waals surface area contributed by atoms with Crippen LogP contribution >= 0.6 is 0 Å². The van der Waals surface area contributed by atoms with Gasteiger partial charge in [-0.3, -0.25) is 9.59 Å². The number of aliphatic hydroxyl groups excluding tert-OH is 3. The van der Waals surface area contributed by atoms with Crippen molar-refractivity contribution in [2.45, 2.75) is 19.8 Å². The third-order valence-electron chi connectivity index (χ3n) is 2.73. The largest absolute Gasteiger partial charge is 0.481 e. The Kier molecular flexibility index (Phi) is 6.17. The minimum Gasteiger partial charge on any atom is -0.481 e. The fourth-order valence-corrected chi connectivity index (χ4v) is 1.83. The molecule has 6 nitrogen and oxygen atoms in total. The number of carboxylic acids is 1. The standard InChI is InChI=1S/C10H18O6/c1-7(14)8(9(15)16)10(5-12,6-13)3-2-4-11/h8,11-13H,2-6H2,1H3,(H,15,16). The third-order valence-corrected chi connectivity index (χ3v) is 2.73. The van der Waals surface area contributed by atoms with Gasteiger partial charge >= 0.3 is 5.97 Å². The molecular formula is C10H18O6. The Hall–Kier alpha value is -0.980. The van der Waals surface area contributed by atoms with E-state index in [1.54, 1.807) is 0 Å². The molecule has 0 aliphatic carbocycles. The summed E-state index contributed by atoms with van der Waals surface area (Å²) in [6, 6.07) is 0. The van der Waals surface area contributed by atoms with Gasteiger partial charge in [0.25, 0.3) is 0 Å². The Labute approximate surface area is 93.5 Å². The first-order valence-electron chi connectivity index (χ1n) is 5.01. The van der Waals surface area contributed by atoms with Crippen molar-refractivity contribution in [3.63, 3.8) is 0 Å². The van der Waals surface area contributed by atoms with E-state index in [1.807, 2.05) is 0 Å². The summed E-state index contributed by atoms with van der Waals surface area (Å²) in [5.74, 6) is -3.43. The second-order valence-electron chi connectivity index (χ2n) is 3.89. The molecule has 0 spiro atoms. The average molecular weight is 234 g/mol. The molecule has 16 heavy (non-hydrogen) atoms. The second-order valence-corrected chi connectivity index (χ2v) is 3.89. The number of hydrogen-bond acceptors (Lipinski definition) is 5. The number of hydrogen-bond donors (Lipinski definition) is 4. The Morgan fingerprint density at radius 3 is 1.94 bits per heavy atom. The number of aliphatic carboxylic acids is 1. The van der Waals surface area contributed by atoms with E-state index in [0.29, 0.717) is 0 Å². The number of carboxylic acid groups (broad SMARTS) is 1. The van der Waals surface area contributed by atoms with Gasteiger partial charge in [-0.1, -0.05) is 0 Å². The van der Waals surface area contributed by atoms with Gasteiger partial charge in [0.2, 0.25) is 0 Å². The zero-order valence-electron chi connectivity index (χ0n) is 9.22. The van der Waals surface area contributed by atoms with Crippen LogP contribution in [-0.4, -0.2) is 52.0 Å². The minimum atomic E-state index is -1.45. The van der Waals surface area contributed by atoms with Crippen LogP contribution in [0.25, 0.3) is 0 Å². The van der Waals surface area contributed by atoms with Crippen LogP contribution < -0.4 is 0 Å². The molecule has 4 N–H and O–H groups in total. The lowest BCUT2D eigenvalue weighted by molar-refractivity contribution is -0.156. The van der Waals surface area contributed by atoms with Gasteiger partial charge in [-0.25, -0.2) is 0 Å². The first kappa shape index (κ1) is 15.0. The molecule has 0 aromatic carbocycles. The smallest absolute Gasteiger partial charge is 0.314 e. The van der Waals surface area contributed by atoms with E-state index in [1.165, 1.54) is 0 Å². The molecule has 6 heteroatoms. The molecule has 0 aromatic rings. The van der Waals surface area contributed by atoms with E-state index in [0.717, 1.165) is 6.92 Å². The number of rotatable bonds is 8. The van der Waals surface area contributed by atoms with Crippen molar-refractivity contribution in [2.24, 2.45) is 11.3 Å². The molecule has 0 saturated heterocycles. The van der Waals surface area contributed by atoms with E-state index in [9.17, 15) is 19.8 Å². The lowest BCUT2D eigenvalue weighted by Crippen LogP contribution is -2.45. The number of carbonyl (C=O) groups is 2. The molecule has 0 bridgehead atoms. The molecule has 0 radical (unpaired) electrons. The van der Waals surface area contributed by atoms with E-state index < -0.39 is 36.3 Å². The van der Waals surface area contributed by atoms with Crippen molar-refractivity contribution in [3.8, 4) is 0 Å². The fraction of sp³-hybridized carbons (Fsp3) is 0.800. The minimum absolute atomic E-state index is 0.0764. The molecule has 94 valence electrons. The van der Waals surface area contributed by atoms with Gasteiger partial charge < -0.3 is 20.4 Å². The van der Waals surface area contributed by atoms with Gasteiger partial charge in [-0.15, -0.1) is 0 Å². The SMILES string of the molecule is CC(=O)C(C(=O)O)C(CO)(CO)CCCO. The van der Waals surface area contributed by atoms with Gasteiger partial charge in [0.1, 0.15) is 11.7 Å². The van der Waals surface area contributed by atoms with Gasteiger partial charge in [-0.2, -0.15) is 0 Å². The lowest BCUT2D eigenvalue weighted by atomic mass is 9.71. The molecule has 0 aromatic heterocycles. The van der Waals surface area contributed by atoms with E-state index in [4.69, 9.17) is 10.2 Å². The topological polar surface area (TPSA) is 115 Å². The molecule has 0 aliphatic heterocycles.